The zero-order valence-electron chi connectivity index (χ0n) is 22.8. The first-order chi connectivity index (χ1) is 19.5. The molecule has 0 N–H and O–H groups in total. The smallest absolute Gasteiger partial charge is 0.410 e. The third-order valence-corrected chi connectivity index (χ3v) is 8.45. The second-order valence-corrected chi connectivity index (χ2v) is 11.7. The van der Waals surface area contributed by atoms with E-state index in [4.69, 9.17) is 14.7 Å². The highest BCUT2D eigenvalue weighted by Crippen LogP contribution is 2.34. The van der Waals surface area contributed by atoms with Crippen molar-refractivity contribution >= 4 is 39.5 Å². The Bertz CT molecular complexity index is 1510. The number of aromatic nitrogens is 2. The SMILES string of the molecule is C[C@@H]1CN(c2nc([S+](C)[O-])nc3c2CCN(c2cccc4ccccc24)C3)CCN1C(=O)OCc1ccccc1. The van der Waals surface area contributed by atoms with Crippen LogP contribution in [-0.4, -0.2) is 64.0 Å². The van der Waals surface area contributed by atoms with Crippen molar-refractivity contribution in [3.8, 4) is 0 Å². The highest BCUT2D eigenvalue weighted by Gasteiger charge is 2.33. The molecule has 0 aliphatic carbocycles. The molecule has 3 aromatic carbocycles. The van der Waals surface area contributed by atoms with Crippen LogP contribution in [0.1, 0.15) is 23.7 Å². The normalized spacial score (nSPS) is 18.0. The van der Waals surface area contributed by atoms with E-state index in [0.29, 0.717) is 31.3 Å². The zero-order valence-corrected chi connectivity index (χ0v) is 23.6. The molecule has 0 saturated carbocycles. The lowest BCUT2D eigenvalue weighted by molar-refractivity contribution is 0.0794. The molecular formula is C31H33N5O3S. The topological polar surface area (TPSA) is 84.9 Å². The van der Waals surface area contributed by atoms with E-state index in [1.807, 2.05) is 37.3 Å². The predicted octanol–water partition coefficient (Wildman–Crippen LogP) is 4.78. The van der Waals surface area contributed by atoms with Gasteiger partial charge in [0.05, 0.1) is 12.2 Å². The summed E-state index contributed by atoms with van der Waals surface area (Å²) in [5, 5.41) is 2.77. The summed E-state index contributed by atoms with van der Waals surface area (Å²) in [5.74, 6) is 0.844. The number of ether oxygens (including phenoxy) is 1. The molecule has 2 aliphatic rings. The second kappa shape index (κ2) is 11.3. The first kappa shape index (κ1) is 26.4. The quantitative estimate of drug-likeness (QED) is 0.259. The van der Waals surface area contributed by atoms with Crippen molar-refractivity contribution < 1.29 is 14.1 Å². The van der Waals surface area contributed by atoms with Gasteiger partial charge < -0.3 is 24.0 Å². The molecule has 1 aromatic heterocycles. The molecule has 3 heterocycles. The number of piperazine rings is 1. The van der Waals surface area contributed by atoms with Crippen LogP contribution in [0.4, 0.5) is 16.3 Å². The summed E-state index contributed by atoms with van der Waals surface area (Å²) in [6.07, 6.45) is 2.11. The average molecular weight is 556 g/mol. The van der Waals surface area contributed by atoms with Crippen molar-refractivity contribution in [1.82, 2.24) is 14.9 Å². The fraction of sp³-hybridized carbons (Fsp3) is 0.323. The molecule has 1 amide bonds. The lowest BCUT2D eigenvalue weighted by Gasteiger charge is -2.41. The molecule has 2 atom stereocenters. The van der Waals surface area contributed by atoms with E-state index < -0.39 is 11.2 Å². The van der Waals surface area contributed by atoms with Crippen LogP contribution < -0.4 is 9.80 Å². The molecule has 40 heavy (non-hydrogen) atoms. The van der Waals surface area contributed by atoms with Gasteiger partial charge in [-0.15, -0.1) is 0 Å². The third-order valence-electron chi connectivity index (χ3n) is 7.75. The number of anilines is 2. The number of nitrogens with zero attached hydrogens (tertiary/aromatic N) is 5. The molecule has 1 unspecified atom stereocenters. The molecule has 4 aromatic rings. The maximum absolute atomic E-state index is 12.9. The summed E-state index contributed by atoms with van der Waals surface area (Å²) >= 11 is -1.32. The van der Waals surface area contributed by atoms with Crippen LogP contribution >= 0.6 is 0 Å². The molecule has 1 saturated heterocycles. The fourth-order valence-electron chi connectivity index (χ4n) is 5.69. The molecule has 8 nitrogen and oxygen atoms in total. The highest BCUT2D eigenvalue weighted by atomic mass is 32.2. The van der Waals surface area contributed by atoms with Gasteiger partial charge in [0, 0.05) is 60.0 Å². The first-order valence-corrected chi connectivity index (χ1v) is 15.2. The van der Waals surface area contributed by atoms with E-state index in [1.165, 1.54) is 16.5 Å². The number of amides is 1. The number of hydrogen-bond donors (Lipinski definition) is 0. The summed E-state index contributed by atoms with van der Waals surface area (Å²) in [4.78, 5) is 28.8. The Labute approximate surface area is 237 Å². The molecule has 6 rings (SSSR count). The van der Waals surface area contributed by atoms with Crippen LogP contribution in [0.15, 0.2) is 78.0 Å². The Morgan fingerprint density at radius 3 is 2.55 bits per heavy atom. The molecule has 9 heteroatoms. The van der Waals surface area contributed by atoms with E-state index in [2.05, 4.69) is 52.3 Å². The Hall–Kier alpha value is -3.82. The van der Waals surface area contributed by atoms with Crippen LogP contribution in [-0.2, 0) is 35.5 Å². The van der Waals surface area contributed by atoms with E-state index >= 15 is 0 Å². The first-order valence-electron chi connectivity index (χ1n) is 13.7. The predicted molar refractivity (Wildman–Crippen MR) is 158 cm³/mol. The highest BCUT2D eigenvalue weighted by molar-refractivity contribution is 7.90. The van der Waals surface area contributed by atoms with E-state index in [9.17, 15) is 9.35 Å². The minimum absolute atomic E-state index is 0.0611. The zero-order chi connectivity index (χ0) is 27.6. The molecule has 0 spiro atoms. The molecule has 1 fully saturated rings. The van der Waals surface area contributed by atoms with Crippen LogP contribution in [0.2, 0.25) is 0 Å². The average Bonchev–Trinajstić information content (AvgIpc) is 2.99. The van der Waals surface area contributed by atoms with E-state index in [0.717, 1.165) is 35.6 Å². The molecule has 206 valence electrons. The summed E-state index contributed by atoms with van der Waals surface area (Å²) in [5.41, 5.74) is 4.18. The monoisotopic (exact) mass is 555 g/mol. The van der Waals surface area contributed by atoms with Crippen molar-refractivity contribution in [3.05, 3.63) is 89.6 Å². The molecule has 0 bridgehead atoms. The number of hydrogen-bond acceptors (Lipinski definition) is 7. The lowest BCUT2D eigenvalue weighted by atomic mass is 10.0. The summed E-state index contributed by atoms with van der Waals surface area (Å²) < 4.78 is 18.2. The van der Waals surface area contributed by atoms with Crippen LogP contribution in [0.25, 0.3) is 10.8 Å². The van der Waals surface area contributed by atoms with Gasteiger partial charge in [-0.1, -0.05) is 66.7 Å². The lowest BCUT2D eigenvalue weighted by Crippen LogP contribution is -2.54. The van der Waals surface area contributed by atoms with Crippen molar-refractivity contribution in [2.45, 2.75) is 37.7 Å². The second-order valence-electron chi connectivity index (χ2n) is 10.4. The Balaban J connectivity index is 1.21. The van der Waals surface area contributed by atoms with Crippen molar-refractivity contribution in [2.75, 3.05) is 42.2 Å². The Kier molecular flexibility index (Phi) is 7.49. The third kappa shape index (κ3) is 5.31. The van der Waals surface area contributed by atoms with Crippen molar-refractivity contribution in [2.24, 2.45) is 0 Å². The number of benzene rings is 3. The fourth-order valence-corrected chi connectivity index (χ4v) is 6.15. The Morgan fingerprint density at radius 2 is 1.75 bits per heavy atom. The van der Waals surface area contributed by atoms with Crippen molar-refractivity contribution in [1.29, 1.82) is 0 Å². The largest absolute Gasteiger partial charge is 0.609 e. The van der Waals surface area contributed by atoms with Gasteiger partial charge in [-0.2, -0.15) is 9.97 Å². The van der Waals surface area contributed by atoms with Gasteiger partial charge in [0.25, 0.3) is 0 Å². The van der Waals surface area contributed by atoms with E-state index in [-0.39, 0.29) is 18.7 Å². The summed E-state index contributed by atoms with van der Waals surface area (Å²) in [6, 6.07) is 24.5. The number of carbonyl (C=O) groups is 1. The maximum atomic E-state index is 12.9. The van der Waals surface area contributed by atoms with Gasteiger partial charge in [-0.3, -0.25) is 0 Å². The van der Waals surface area contributed by atoms with Crippen molar-refractivity contribution in [3.63, 3.8) is 0 Å². The van der Waals surface area contributed by atoms with Crippen LogP contribution in [0.5, 0.6) is 0 Å². The molecule has 2 aliphatic heterocycles. The number of rotatable bonds is 5. The number of carbonyl (C=O) groups excluding carboxylic acids is 1. The molecule has 0 radical (unpaired) electrons. The van der Waals surface area contributed by atoms with Gasteiger partial charge in [0.2, 0.25) is 0 Å². The standard InChI is InChI=1S/C31H33N5O3S/c1-22-19-35(17-18-36(22)31(37)39-21-23-9-4-3-5-10-23)29-26-15-16-34(20-27(26)32-30(33-29)40(2)38)28-14-8-12-24-11-6-7-13-25(24)28/h3-14,22H,15-21H2,1-2H3/t22-,40?/m1/s1. The van der Waals surface area contributed by atoms with Gasteiger partial charge in [0.15, 0.2) is 0 Å². The summed E-state index contributed by atoms with van der Waals surface area (Å²) in [7, 11) is 0. The van der Waals surface area contributed by atoms with Gasteiger partial charge in [-0.05, 0) is 30.4 Å². The van der Waals surface area contributed by atoms with Gasteiger partial charge in [0.1, 0.15) is 18.7 Å². The maximum Gasteiger partial charge on any atom is 0.410 e. The van der Waals surface area contributed by atoms with E-state index in [1.54, 1.807) is 11.2 Å². The summed E-state index contributed by atoms with van der Waals surface area (Å²) in [6.45, 7) is 5.53. The van der Waals surface area contributed by atoms with Gasteiger partial charge in [-0.25, -0.2) is 4.79 Å². The van der Waals surface area contributed by atoms with Gasteiger partial charge >= 0.3 is 11.2 Å². The minimum atomic E-state index is -1.32. The number of fused-ring (bicyclic) bond motifs is 2. The molecular weight excluding hydrogens is 522 g/mol. The van der Waals surface area contributed by atoms with Crippen LogP contribution in [0.3, 0.4) is 0 Å². The minimum Gasteiger partial charge on any atom is -0.609 e. The Morgan fingerprint density at radius 1 is 0.975 bits per heavy atom. The van der Waals surface area contributed by atoms with Crippen LogP contribution in [0, 0.1) is 0 Å².